The molecule has 2 aromatic rings. The Morgan fingerprint density at radius 3 is 2.33 bits per heavy atom. The Morgan fingerprint density at radius 1 is 1.08 bits per heavy atom. The first-order valence-electron chi connectivity index (χ1n) is 8.15. The summed E-state index contributed by atoms with van der Waals surface area (Å²) < 4.78 is 0. The highest BCUT2D eigenvalue weighted by Gasteiger charge is 2.46. The molecule has 4 heteroatoms. The summed E-state index contributed by atoms with van der Waals surface area (Å²) in [6.45, 7) is 0. The van der Waals surface area contributed by atoms with Gasteiger partial charge in [-0.15, -0.1) is 12.4 Å². The Hall–Kier alpha value is -1.84. The Labute approximate surface area is 150 Å². The molecular weight excluding hydrogens is 320 g/mol. The van der Waals surface area contributed by atoms with E-state index in [0.717, 1.165) is 24.0 Å². The standard InChI is InChI=1S/C20H24N2O.ClH/c1-21-19(23)20(15-9-5-4-6-10-15)14-13-18(22(2)3)16-11-7-8-12-17(16)20;/h4-12,18H,13-14H2,1-3H3,(H,21,23);1H/t18-,20-;/m0./s1. The lowest BCUT2D eigenvalue weighted by Gasteiger charge is -2.42. The van der Waals surface area contributed by atoms with Crippen molar-refractivity contribution in [3.8, 4) is 0 Å². The average Bonchev–Trinajstić information content (AvgIpc) is 2.60. The van der Waals surface area contributed by atoms with Gasteiger partial charge in [-0.2, -0.15) is 0 Å². The second-order valence-corrected chi connectivity index (χ2v) is 6.46. The molecular formula is C20H25ClN2O. The van der Waals surface area contributed by atoms with Crippen molar-refractivity contribution < 1.29 is 4.79 Å². The number of carbonyl (C=O) groups excluding carboxylic acids is 1. The third kappa shape index (κ3) is 2.83. The van der Waals surface area contributed by atoms with Crippen LogP contribution in [0.1, 0.15) is 35.6 Å². The van der Waals surface area contributed by atoms with Gasteiger partial charge in [0.15, 0.2) is 0 Å². The number of halogens is 1. The molecule has 1 aliphatic rings. The topological polar surface area (TPSA) is 32.3 Å². The van der Waals surface area contributed by atoms with Crippen LogP contribution in [0.5, 0.6) is 0 Å². The van der Waals surface area contributed by atoms with Crippen LogP contribution in [0, 0.1) is 0 Å². The Morgan fingerprint density at radius 2 is 1.71 bits per heavy atom. The molecule has 1 amide bonds. The van der Waals surface area contributed by atoms with E-state index >= 15 is 0 Å². The van der Waals surface area contributed by atoms with Crippen LogP contribution >= 0.6 is 12.4 Å². The molecule has 2 aromatic carbocycles. The molecule has 0 saturated carbocycles. The van der Waals surface area contributed by atoms with Crippen LogP contribution in [0.4, 0.5) is 0 Å². The van der Waals surface area contributed by atoms with Crippen molar-refractivity contribution in [3.05, 3.63) is 71.3 Å². The first-order valence-corrected chi connectivity index (χ1v) is 8.15. The van der Waals surface area contributed by atoms with Gasteiger partial charge in [0.2, 0.25) is 5.91 Å². The smallest absolute Gasteiger partial charge is 0.234 e. The SMILES string of the molecule is CNC(=O)[C@]1(c2ccccc2)CC[C@H](N(C)C)c2ccccc21.Cl. The highest BCUT2D eigenvalue weighted by Crippen LogP contribution is 2.47. The van der Waals surface area contributed by atoms with E-state index < -0.39 is 5.41 Å². The molecule has 0 saturated heterocycles. The maximum Gasteiger partial charge on any atom is 0.234 e. The molecule has 0 aliphatic heterocycles. The molecule has 0 radical (unpaired) electrons. The van der Waals surface area contributed by atoms with E-state index in [9.17, 15) is 4.79 Å². The molecule has 1 N–H and O–H groups in total. The predicted octanol–water partition coefficient (Wildman–Crippen LogP) is 3.54. The Bertz CT molecular complexity index is 702. The van der Waals surface area contributed by atoms with Crippen LogP contribution in [-0.4, -0.2) is 32.0 Å². The molecule has 0 bridgehead atoms. The fourth-order valence-corrected chi connectivity index (χ4v) is 3.96. The zero-order valence-electron chi connectivity index (χ0n) is 14.5. The maximum atomic E-state index is 13.0. The lowest BCUT2D eigenvalue weighted by Crippen LogP contribution is -2.47. The zero-order valence-corrected chi connectivity index (χ0v) is 15.3. The molecule has 0 unspecified atom stereocenters. The highest BCUT2D eigenvalue weighted by molar-refractivity contribution is 5.92. The van der Waals surface area contributed by atoms with Gasteiger partial charge in [0.25, 0.3) is 0 Å². The molecule has 0 fully saturated rings. The molecule has 1 aliphatic carbocycles. The predicted molar refractivity (Wildman–Crippen MR) is 101 cm³/mol. The summed E-state index contributed by atoms with van der Waals surface area (Å²) in [5.41, 5.74) is 2.87. The van der Waals surface area contributed by atoms with E-state index in [2.05, 4.69) is 54.6 Å². The molecule has 0 aromatic heterocycles. The summed E-state index contributed by atoms with van der Waals surface area (Å²) in [6, 6.07) is 18.9. The number of hydrogen-bond donors (Lipinski definition) is 1. The fourth-order valence-electron chi connectivity index (χ4n) is 3.96. The first-order chi connectivity index (χ1) is 11.1. The number of nitrogens with one attached hydrogen (secondary N) is 1. The van der Waals surface area contributed by atoms with Crippen molar-refractivity contribution in [2.75, 3.05) is 21.1 Å². The van der Waals surface area contributed by atoms with Crippen LogP contribution in [0.25, 0.3) is 0 Å². The largest absolute Gasteiger partial charge is 0.358 e. The van der Waals surface area contributed by atoms with Crippen LogP contribution < -0.4 is 5.32 Å². The van der Waals surface area contributed by atoms with Gasteiger partial charge in [-0.3, -0.25) is 4.79 Å². The van der Waals surface area contributed by atoms with E-state index in [4.69, 9.17) is 0 Å². The van der Waals surface area contributed by atoms with Crippen molar-refractivity contribution in [2.24, 2.45) is 0 Å². The lowest BCUT2D eigenvalue weighted by molar-refractivity contribution is -0.125. The molecule has 2 atom stereocenters. The van der Waals surface area contributed by atoms with E-state index in [1.165, 1.54) is 5.56 Å². The number of rotatable bonds is 3. The lowest BCUT2D eigenvalue weighted by atomic mass is 9.64. The quantitative estimate of drug-likeness (QED) is 0.923. The average molecular weight is 345 g/mol. The van der Waals surface area contributed by atoms with Gasteiger partial charge in [-0.05, 0) is 43.6 Å². The van der Waals surface area contributed by atoms with Crippen molar-refractivity contribution >= 4 is 18.3 Å². The zero-order chi connectivity index (χ0) is 16.4. The molecule has 3 nitrogen and oxygen atoms in total. The third-order valence-corrected chi connectivity index (χ3v) is 5.08. The minimum absolute atomic E-state index is 0. The highest BCUT2D eigenvalue weighted by atomic mass is 35.5. The van der Waals surface area contributed by atoms with E-state index in [-0.39, 0.29) is 18.3 Å². The maximum absolute atomic E-state index is 13.0. The second-order valence-electron chi connectivity index (χ2n) is 6.46. The van der Waals surface area contributed by atoms with Crippen LogP contribution in [-0.2, 0) is 10.2 Å². The monoisotopic (exact) mass is 344 g/mol. The summed E-state index contributed by atoms with van der Waals surface area (Å²) in [5, 5.41) is 2.91. The Balaban J connectivity index is 0.00000208. The molecule has 3 rings (SSSR count). The minimum atomic E-state index is -0.598. The van der Waals surface area contributed by atoms with Crippen LogP contribution in [0.3, 0.4) is 0 Å². The number of amides is 1. The van der Waals surface area contributed by atoms with Gasteiger partial charge in [0, 0.05) is 13.1 Å². The number of nitrogens with zero attached hydrogens (tertiary/aromatic N) is 1. The molecule has 24 heavy (non-hydrogen) atoms. The minimum Gasteiger partial charge on any atom is -0.358 e. The van der Waals surface area contributed by atoms with E-state index in [1.807, 2.05) is 24.3 Å². The Kier molecular flexibility index (Phi) is 5.68. The van der Waals surface area contributed by atoms with Gasteiger partial charge in [0.1, 0.15) is 0 Å². The summed E-state index contributed by atoms with van der Waals surface area (Å²) in [6.07, 6.45) is 1.78. The number of likely N-dealkylation sites (N-methyl/N-ethyl adjacent to an activating group) is 1. The number of hydrogen-bond acceptors (Lipinski definition) is 2. The van der Waals surface area contributed by atoms with Crippen molar-refractivity contribution in [1.29, 1.82) is 0 Å². The molecule has 0 spiro atoms. The fraction of sp³-hybridized carbons (Fsp3) is 0.350. The van der Waals surface area contributed by atoms with Crippen molar-refractivity contribution in [1.82, 2.24) is 10.2 Å². The normalized spacial score (nSPS) is 22.4. The summed E-state index contributed by atoms with van der Waals surface area (Å²) in [5.74, 6) is 0.0772. The van der Waals surface area contributed by atoms with Gasteiger partial charge in [-0.1, -0.05) is 54.6 Å². The van der Waals surface area contributed by atoms with E-state index in [1.54, 1.807) is 7.05 Å². The van der Waals surface area contributed by atoms with Gasteiger partial charge >= 0.3 is 0 Å². The number of carbonyl (C=O) groups is 1. The molecule has 0 heterocycles. The third-order valence-electron chi connectivity index (χ3n) is 5.08. The van der Waals surface area contributed by atoms with Crippen molar-refractivity contribution in [2.45, 2.75) is 24.3 Å². The second kappa shape index (κ2) is 7.37. The van der Waals surface area contributed by atoms with E-state index in [0.29, 0.717) is 6.04 Å². The van der Waals surface area contributed by atoms with Crippen LogP contribution in [0.2, 0.25) is 0 Å². The first kappa shape index (κ1) is 18.5. The summed E-state index contributed by atoms with van der Waals surface area (Å²) in [4.78, 5) is 15.3. The molecule has 128 valence electrons. The van der Waals surface area contributed by atoms with Gasteiger partial charge in [-0.25, -0.2) is 0 Å². The van der Waals surface area contributed by atoms with Crippen LogP contribution in [0.15, 0.2) is 54.6 Å². The van der Waals surface area contributed by atoms with Crippen molar-refractivity contribution in [3.63, 3.8) is 0 Å². The van der Waals surface area contributed by atoms with Gasteiger partial charge < -0.3 is 10.2 Å². The summed E-state index contributed by atoms with van der Waals surface area (Å²) >= 11 is 0. The number of benzene rings is 2. The van der Waals surface area contributed by atoms with Gasteiger partial charge in [0.05, 0.1) is 5.41 Å². The summed E-state index contributed by atoms with van der Waals surface area (Å²) in [7, 11) is 5.95. The number of fused-ring (bicyclic) bond motifs is 1.